The number of hydrogen-bond donors (Lipinski definition) is 1. The van der Waals surface area contributed by atoms with E-state index in [9.17, 15) is 5.11 Å². The second kappa shape index (κ2) is 2.48. The average Bonchev–Trinajstić information content (AvgIpc) is 2.64. The molecule has 1 nitrogen and oxygen atoms in total. The maximum absolute atomic E-state index is 9.79. The van der Waals surface area contributed by atoms with Gasteiger partial charge in [-0.25, -0.2) is 0 Å². The van der Waals surface area contributed by atoms with E-state index in [1.807, 2.05) is 0 Å². The van der Waals surface area contributed by atoms with Crippen molar-refractivity contribution in [3.63, 3.8) is 0 Å². The summed E-state index contributed by atoms with van der Waals surface area (Å²) in [6.45, 7) is 4.52. The predicted octanol–water partition coefficient (Wildman–Crippen LogP) is 2.05. The normalized spacial score (nSPS) is 56.5. The first-order chi connectivity index (χ1) is 5.18. The number of aliphatic hydroxyl groups is 1. The van der Waals surface area contributed by atoms with Gasteiger partial charge in [0.25, 0.3) is 0 Å². The van der Waals surface area contributed by atoms with Crippen LogP contribution < -0.4 is 0 Å². The number of fused-ring (bicyclic) bond motifs is 1. The van der Waals surface area contributed by atoms with Crippen molar-refractivity contribution in [1.82, 2.24) is 0 Å². The molecule has 0 amide bonds. The van der Waals surface area contributed by atoms with Crippen LogP contribution in [0, 0.1) is 23.7 Å². The van der Waals surface area contributed by atoms with E-state index in [0.29, 0.717) is 11.8 Å². The molecule has 0 spiro atoms. The summed E-state index contributed by atoms with van der Waals surface area (Å²) in [6, 6.07) is 0. The summed E-state index contributed by atoms with van der Waals surface area (Å²) in [5.41, 5.74) is 0. The highest BCUT2D eigenvalue weighted by Crippen LogP contribution is 2.51. The highest BCUT2D eigenvalue weighted by Gasteiger charge is 2.46. The van der Waals surface area contributed by atoms with Gasteiger partial charge in [-0.1, -0.05) is 13.8 Å². The third-order valence-corrected chi connectivity index (χ3v) is 3.48. The molecule has 0 aromatic heterocycles. The molecule has 2 rings (SSSR count). The van der Waals surface area contributed by atoms with E-state index in [2.05, 4.69) is 13.8 Å². The Morgan fingerprint density at radius 2 is 1.82 bits per heavy atom. The van der Waals surface area contributed by atoms with Crippen LogP contribution in [0.25, 0.3) is 0 Å². The summed E-state index contributed by atoms with van der Waals surface area (Å²) in [5, 5.41) is 9.79. The van der Waals surface area contributed by atoms with Gasteiger partial charge in [-0.15, -0.1) is 0 Å². The number of hydrogen-bond acceptors (Lipinski definition) is 1. The van der Waals surface area contributed by atoms with E-state index < -0.39 is 0 Å². The monoisotopic (exact) mass is 154 g/mol. The molecule has 2 aliphatic carbocycles. The van der Waals surface area contributed by atoms with Gasteiger partial charge in [0.1, 0.15) is 0 Å². The van der Waals surface area contributed by atoms with Crippen molar-refractivity contribution in [2.75, 3.05) is 0 Å². The molecule has 11 heavy (non-hydrogen) atoms. The quantitative estimate of drug-likeness (QED) is 0.566. The molecule has 5 atom stereocenters. The van der Waals surface area contributed by atoms with E-state index in [0.717, 1.165) is 11.8 Å². The Kier molecular flexibility index (Phi) is 1.71. The summed E-state index contributed by atoms with van der Waals surface area (Å²) in [6.07, 6.45) is 3.92. The minimum absolute atomic E-state index is 0.0185. The first-order valence-corrected chi connectivity index (χ1v) is 4.86. The van der Waals surface area contributed by atoms with Crippen LogP contribution in [0.2, 0.25) is 0 Å². The molecule has 1 N–H and O–H groups in total. The van der Waals surface area contributed by atoms with E-state index in [1.165, 1.54) is 19.3 Å². The highest BCUT2D eigenvalue weighted by molar-refractivity contribution is 4.96. The zero-order valence-electron chi connectivity index (χ0n) is 7.46. The molecule has 0 aromatic rings. The molecule has 5 unspecified atom stereocenters. The van der Waals surface area contributed by atoms with Gasteiger partial charge < -0.3 is 5.11 Å². The van der Waals surface area contributed by atoms with Crippen LogP contribution in [0.15, 0.2) is 0 Å². The minimum atomic E-state index is 0.0185. The summed E-state index contributed by atoms with van der Waals surface area (Å²) < 4.78 is 0. The summed E-state index contributed by atoms with van der Waals surface area (Å²) in [7, 11) is 0. The van der Waals surface area contributed by atoms with Crippen LogP contribution in [0.3, 0.4) is 0 Å². The first kappa shape index (κ1) is 7.60. The lowest BCUT2D eigenvalue weighted by Gasteiger charge is -2.18. The molecule has 64 valence electrons. The Hall–Kier alpha value is -0.0400. The van der Waals surface area contributed by atoms with Gasteiger partial charge >= 0.3 is 0 Å². The Morgan fingerprint density at radius 1 is 1.09 bits per heavy atom. The molecule has 0 bridgehead atoms. The lowest BCUT2D eigenvalue weighted by atomic mass is 9.92. The Labute approximate surface area is 68.8 Å². The minimum Gasteiger partial charge on any atom is -0.393 e. The van der Waals surface area contributed by atoms with E-state index >= 15 is 0 Å². The molecule has 0 aliphatic heterocycles. The zero-order chi connectivity index (χ0) is 8.01. The maximum atomic E-state index is 9.79. The van der Waals surface area contributed by atoms with Crippen molar-refractivity contribution >= 4 is 0 Å². The van der Waals surface area contributed by atoms with E-state index in [1.54, 1.807) is 0 Å². The molecule has 0 saturated heterocycles. The smallest absolute Gasteiger partial charge is 0.0596 e. The van der Waals surface area contributed by atoms with Crippen molar-refractivity contribution < 1.29 is 5.11 Å². The lowest BCUT2D eigenvalue weighted by molar-refractivity contribution is 0.0890. The van der Waals surface area contributed by atoms with Gasteiger partial charge in [0.2, 0.25) is 0 Å². The standard InChI is InChI=1S/C10H18O/c1-6-3-7(2)10(11)9-5-8(9)4-6/h6-11H,3-5H2,1-2H3. The number of aliphatic hydroxyl groups excluding tert-OH is 1. The molecule has 0 aromatic carbocycles. The molecule has 0 heterocycles. The van der Waals surface area contributed by atoms with E-state index in [4.69, 9.17) is 0 Å². The highest BCUT2D eigenvalue weighted by atomic mass is 16.3. The van der Waals surface area contributed by atoms with Gasteiger partial charge in [0.15, 0.2) is 0 Å². The second-order valence-electron chi connectivity index (χ2n) is 4.70. The molecule has 2 fully saturated rings. The molecular formula is C10H18O. The Balaban J connectivity index is 2.04. The van der Waals surface area contributed by atoms with Crippen molar-refractivity contribution in [2.45, 2.75) is 39.2 Å². The lowest BCUT2D eigenvalue weighted by Crippen LogP contribution is -2.19. The van der Waals surface area contributed by atoms with Gasteiger partial charge in [0.05, 0.1) is 6.10 Å². The van der Waals surface area contributed by atoms with Crippen LogP contribution >= 0.6 is 0 Å². The van der Waals surface area contributed by atoms with Crippen LogP contribution in [-0.4, -0.2) is 11.2 Å². The van der Waals surface area contributed by atoms with Crippen LogP contribution in [-0.2, 0) is 0 Å². The van der Waals surface area contributed by atoms with E-state index in [-0.39, 0.29) is 6.10 Å². The van der Waals surface area contributed by atoms with Crippen molar-refractivity contribution in [3.05, 3.63) is 0 Å². The molecular weight excluding hydrogens is 136 g/mol. The van der Waals surface area contributed by atoms with Crippen LogP contribution in [0.4, 0.5) is 0 Å². The fourth-order valence-electron chi connectivity index (χ4n) is 2.77. The molecule has 2 saturated carbocycles. The summed E-state index contributed by atoms with van der Waals surface area (Å²) >= 11 is 0. The van der Waals surface area contributed by atoms with Crippen molar-refractivity contribution in [2.24, 2.45) is 23.7 Å². The maximum Gasteiger partial charge on any atom is 0.0596 e. The Morgan fingerprint density at radius 3 is 2.55 bits per heavy atom. The summed E-state index contributed by atoms with van der Waals surface area (Å²) in [5.74, 6) is 2.94. The van der Waals surface area contributed by atoms with Crippen molar-refractivity contribution in [1.29, 1.82) is 0 Å². The molecule has 1 heteroatoms. The molecule has 0 radical (unpaired) electrons. The third-order valence-electron chi connectivity index (χ3n) is 3.48. The Bertz CT molecular complexity index is 155. The predicted molar refractivity (Wildman–Crippen MR) is 45.2 cm³/mol. The average molecular weight is 154 g/mol. The van der Waals surface area contributed by atoms with Gasteiger partial charge in [-0.2, -0.15) is 0 Å². The fraction of sp³-hybridized carbons (Fsp3) is 1.00. The van der Waals surface area contributed by atoms with Crippen molar-refractivity contribution in [3.8, 4) is 0 Å². The fourth-order valence-corrected chi connectivity index (χ4v) is 2.77. The van der Waals surface area contributed by atoms with Crippen LogP contribution in [0.1, 0.15) is 33.1 Å². The number of rotatable bonds is 0. The van der Waals surface area contributed by atoms with Gasteiger partial charge in [0, 0.05) is 0 Å². The van der Waals surface area contributed by atoms with Crippen LogP contribution in [0.5, 0.6) is 0 Å². The van der Waals surface area contributed by atoms with Gasteiger partial charge in [-0.05, 0) is 42.9 Å². The second-order valence-corrected chi connectivity index (χ2v) is 4.70. The zero-order valence-corrected chi connectivity index (χ0v) is 7.46. The topological polar surface area (TPSA) is 20.2 Å². The first-order valence-electron chi connectivity index (χ1n) is 4.86. The molecule has 2 aliphatic rings. The largest absolute Gasteiger partial charge is 0.393 e. The van der Waals surface area contributed by atoms with Gasteiger partial charge in [-0.3, -0.25) is 0 Å². The SMILES string of the molecule is CC1CC(C)C(O)C2CC2C1. The third kappa shape index (κ3) is 1.31. The summed E-state index contributed by atoms with van der Waals surface area (Å²) in [4.78, 5) is 0.